The van der Waals surface area contributed by atoms with E-state index in [2.05, 4.69) is 40.0 Å². The first-order chi connectivity index (χ1) is 8.09. The summed E-state index contributed by atoms with van der Waals surface area (Å²) in [6.45, 7) is 1.88. The highest BCUT2D eigenvalue weighted by Crippen LogP contribution is 2.38. The van der Waals surface area contributed by atoms with Crippen LogP contribution in [-0.2, 0) is 6.54 Å². The van der Waals surface area contributed by atoms with Crippen molar-refractivity contribution in [1.82, 2.24) is 14.7 Å². The molecule has 0 bridgehead atoms. The van der Waals surface area contributed by atoms with E-state index in [1.165, 1.54) is 19.3 Å². The number of rotatable bonds is 5. The summed E-state index contributed by atoms with van der Waals surface area (Å²) in [4.78, 5) is 2.16. The van der Waals surface area contributed by atoms with Crippen molar-refractivity contribution < 1.29 is 0 Å². The van der Waals surface area contributed by atoms with Gasteiger partial charge in [-0.15, -0.1) is 0 Å². The molecule has 1 fully saturated rings. The Labute approximate surface area is 111 Å². The van der Waals surface area contributed by atoms with Crippen LogP contribution in [0.25, 0.3) is 0 Å². The molecule has 4 nitrogen and oxygen atoms in total. The number of likely N-dealkylation sites (N-methyl/N-ethyl adjacent to an activating group) is 1. The minimum absolute atomic E-state index is 0.128. The van der Waals surface area contributed by atoms with Crippen LogP contribution in [0, 0.1) is 5.92 Å². The van der Waals surface area contributed by atoms with Gasteiger partial charge in [-0.25, -0.2) is 0 Å². The van der Waals surface area contributed by atoms with Crippen molar-refractivity contribution in [1.29, 1.82) is 0 Å². The third-order valence-electron chi connectivity index (χ3n) is 3.57. The maximum Gasteiger partial charge on any atom is 0.0696 e. The number of hydrogen-bond donors (Lipinski definition) is 1. The van der Waals surface area contributed by atoms with E-state index in [4.69, 9.17) is 5.73 Å². The van der Waals surface area contributed by atoms with E-state index < -0.39 is 0 Å². The lowest BCUT2D eigenvalue weighted by atomic mass is 9.79. The van der Waals surface area contributed by atoms with Gasteiger partial charge in [0.15, 0.2) is 0 Å². The zero-order valence-electron chi connectivity index (χ0n) is 10.6. The lowest BCUT2D eigenvalue weighted by Gasteiger charge is -2.31. The monoisotopic (exact) mass is 300 g/mol. The highest BCUT2D eigenvalue weighted by Gasteiger charge is 2.29. The molecule has 1 aliphatic rings. The molecule has 1 saturated carbocycles. The number of hydrogen-bond acceptors (Lipinski definition) is 3. The molecule has 1 aliphatic carbocycles. The Morgan fingerprint density at radius 1 is 1.59 bits per heavy atom. The molecule has 0 spiro atoms. The Morgan fingerprint density at radius 3 is 2.82 bits per heavy atom. The Balaban J connectivity index is 2.10. The molecule has 0 aromatic carbocycles. The van der Waals surface area contributed by atoms with Gasteiger partial charge < -0.3 is 10.6 Å². The molecule has 1 aromatic rings. The van der Waals surface area contributed by atoms with Gasteiger partial charge in [-0.05, 0) is 48.8 Å². The second kappa shape index (κ2) is 5.50. The van der Waals surface area contributed by atoms with E-state index in [1.54, 1.807) is 0 Å². The van der Waals surface area contributed by atoms with Gasteiger partial charge in [-0.3, -0.25) is 4.68 Å². The third kappa shape index (κ3) is 2.89. The first-order valence-corrected chi connectivity index (χ1v) is 7.00. The molecule has 1 heterocycles. The number of nitrogens with zero attached hydrogens (tertiary/aromatic N) is 3. The summed E-state index contributed by atoms with van der Waals surface area (Å²) in [6, 6.07) is 0.128. The van der Waals surface area contributed by atoms with Crippen molar-refractivity contribution in [3.8, 4) is 0 Å². The number of nitrogens with two attached hydrogens (primary N) is 1. The van der Waals surface area contributed by atoms with Gasteiger partial charge in [-0.1, -0.05) is 6.42 Å². The average molecular weight is 301 g/mol. The molecule has 0 saturated heterocycles. The quantitative estimate of drug-likeness (QED) is 0.905. The SMILES string of the molecule is CN(C)CCn1ncc(Br)c1C(N)C1CCC1. The zero-order chi connectivity index (χ0) is 12.4. The Kier molecular flexibility index (Phi) is 4.22. The maximum atomic E-state index is 6.35. The molecule has 96 valence electrons. The number of halogens is 1. The van der Waals surface area contributed by atoms with Crippen molar-refractivity contribution in [2.45, 2.75) is 31.8 Å². The molecule has 2 N–H and O–H groups in total. The lowest BCUT2D eigenvalue weighted by molar-refractivity contribution is 0.252. The summed E-state index contributed by atoms with van der Waals surface area (Å²) >= 11 is 3.57. The van der Waals surface area contributed by atoms with Crippen LogP contribution in [0.3, 0.4) is 0 Å². The van der Waals surface area contributed by atoms with Gasteiger partial charge in [0.05, 0.1) is 29.0 Å². The van der Waals surface area contributed by atoms with Gasteiger partial charge in [0, 0.05) is 6.54 Å². The first-order valence-electron chi connectivity index (χ1n) is 6.21. The predicted molar refractivity (Wildman–Crippen MR) is 72.8 cm³/mol. The second-order valence-corrected chi connectivity index (χ2v) is 5.98. The van der Waals surface area contributed by atoms with E-state index in [1.807, 2.05) is 10.9 Å². The van der Waals surface area contributed by atoms with Gasteiger partial charge in [-0.2, -0.15) is 5.10 Å². The predicted octanol–water partition coefficient (Wildman–Crippen LogP) is 2.01. The molecule has 0 radical (unpaired) electrons. The largest absolute Gasteiger partial charge is 0.322 e. The van der Waals surface area contributed by atoms with Crippen LogP contribution in [0.15, 0.2) is 10.7 Å². The topological polar surface area (TPSA) is 47.1 Å². The smallest absolute Gasteiger partial charge is 0.0696 e. The lowest BCUT2D eigenvalue weighted by Crippen LogP contribution is -2.30. The van der Waals surface area contributed by atoms with E-state index >= 15 is 0 Å². The van der Waals surface area contributed by atoms with Crippen molar-refractivity contribution in [3.63, 3.8) is 0 Å². The summed E-state index contributed by atoms with van der Waals surface area (Å²) in [5.41, 5.74) is 7.51. The summed E-state index contributed by atoms with van der Waals surface area (Å²) in [6.07, 6.45) is 5.70. The van der Waals surface area contributed by atoms with Crippen LogP contribution >= 0.6 is 15.9 Å². The van der Waals surface area contributed by atoms with Crippen molar-refractivity contribution in [2.24, 2.45) is 11.7 Å². The molecular weight excluding hydrogens is 280 g/mol. The molecule has 1 atom stereocenters. The van der Waals surface area contributed by atoms with Crippen LogP contribution < -0.4 is 5.73 Å². The minimum Gasteiger partial charge on any atom is -0.322 e. The molecule has 1 aromatic heterocycles. The molecule has 2 rings (SSSR count). The second-order valence-electron chi connectivity index (χ2n) is 5.12. The van der Waals surface area contributed by atoms with Crippen molar-refractivity contribution in [2.75, 3.05) is 20.6 Å². The molecule has 5 heteroatoms. The van der Waals surface area contributed by atoms with Crippen LogP contribution in [0.1, 0.15) is 31.0 Å². The van der Waals surface area contributed by atoms with E-state index in [0.717, 1.165) is 23.3 Å². The fourth-order valence-electron chi connectivity index (χ4n) is 2.20. The highest BCUT2D eigenvalue weighted by molar-refractivity contribution is 9.10. The summed E-state index contributed by atoms with van der Waals surface area (Å²) in [5.74, 6) is 0.640. The van der Waals surface area contributed by atoms with Gasteiger partial charge >= 0.3 is 0 Å². The Hall–Kier alpha value is -0.390. The third-order valence-corrected chi connectivity index (χ3v) is 4.18. The Morgan fingerprint density at radius 2 is 2.29 bits per heavy atom. The standard InChI is InChI=1S/C12H21BrN4/c1-16(2)6-7-17-12(10(13)8-15-17)11(14)9-4-3-5-9/h8-9,11H,3-7,14H2,1-2H3. The van der Waals surface area contributed by atoms with Crippen molar-refractivity contribution in [3.05, 3.63) is 16.4 Å². The normalized spacial score (nSPS) is 18.4. The Bertz CT molecular complexity index is 371. The molecule has 17 heavy (non-hydrogen) atoms. The average Bonchev–Trinajstić information content (AvgIpc) is 2.53. The minimum atomic E-state index is 0.128. The fourth-order valence-corrected chi connectivity index (χ4v) is 2.76. The van der Waals surface area contributed by atoms with Crippen LogP contribution in [0.2, 0.25) is 0 Å². The fraction of sp³-hybridized carbons (Fsp3) is 0.750. The molecular formula is C12H21BrN4. The number of aromatic nitrogens is 2. The van der Waals surface area contributed by atoms with Crippen LogP contribution in [0.5, 0.6) is 0 Å². The first kappa shape index (κ1) is 13.1. The highest BCUT2D eigenvalue weighted by atomic mass is 79.9. The summed E-state index contributed by atoms with van der Waals surface area (Å²) in [7, 11) is 4.15. The summed E-state index contributed by atoms with van der Waals surface area (Å²) in [5, 5.41) is 4.41. The van der Waals surface area contributed by atoms with Gasteiger partial charge in [0.2, 0.25) is 0 Å². The van der Waals surface area contributed by atoms with Crippen LogP contribution in [0.4, 0.5) is 0 Å². The van der Waals surface area contributed by atoms with Gasteiger partial charge in [0.1, 0.15) is 0 Å². The van der Waals surface area contributed by atoms with Crippen molar-refractivity contribution >= 4 is 15.9 Å². The maximum absolute atomic E-state index is 6.35. The molecule has 0 amide bonds. The van der Waals surface area contributed by atoms with E-state index in [9.17, 15) is 0 Å². The molecule has 0 aliphatic heterocycles. The molecule has 1 unspecified atom stereocenters. The summed E-state index contributed by atoms with van der Waals surface area (Å²) < 4.78 is 3.10. The van der Waals surface area contributed by atoms with E-state index in [0.29, 0.717) is 5.92 Å². The zero-order valence-corrected chi connectivity index (χ0v) is 12.2. The van der Waals surface area contributed by atoms with Gasteiger partial charge in [0.25, 0.3) is 0 Å². The van der Waals surface area contributed by atoms with E-state index in [-0.39, 0.29) is 6.04 Å². The van der Waals surface area contributed by atoms with Crippen LogP contribution in [-0.4, -0.2) is 35.3 Å².